The summed E-state index contributed by atoms with van der Waals surface area (Å²) in [5.74, 6) is 0.528. The molecule has 0 bridgehead atoms. The van der Waals surface area contributed by atoms with Gasteiger partial charge in [0.15, 0.2) is 0 Å². The number of hydrogen-bond donors (Lipinski definition) is 2. The standard InChI is InChI=1S/C12H26N2O/c1-6-11(7-2)10(5)14-12(15)8(3)9(4)13/h8-11H,6-7,13H2,1-5H3,(H,14,15). The highest BCUT2D eigenvalue weighted by Gasteiger charge is 2.21. The van der Waals surface area contributed by atoms with Gasteiger partial charge in [0, 0.05) is 18.0 Å². The zero-order valence-corrected chi connectivity index (χ0v) is 10.7. The summed E-state index contributed by atoms with van der Waals surface area (Å²) in [7, 11) is 0. The first-order chi connectivity index (χ1) is 6.93. The van der Waals surface area contributed by atoms with Crippen molar-refractivity contribution in [1.82, 2.24) is 5.32 Å². The number of nitrogens with one attached hydrogen (secondary N) is 1. The number of rotatable bonds is 6. The van der Waals surface area contributed by atoms with Crippen molar-refractivity contribution in [2.75, 3.05) is 0 Å². The Morgan fingerprint density at radius 2 is 1.67 bits per heavy atom. The first kappa shape index (κ1) is 14.4. The number of carbonyl (C=O) groups excluding carboxylic acids is 1. The van der Waals surface area contributed by atoms with Crippen LogP contribution in [0, 0.1) is 11.8 Å². The second-order valence-corrected chi connectivity index (χ2v) is 4.52. The molecule has 0 aliphatic heterocycles. The highest BCUT2D eigenvalue weighted by Crippen LogP contribution is 2.13. The van der Waals surface area contributed by atoms with E-state index >= 15 is 0 Å². The van der Waals surface area contributed by atoms with Gasteiger partial charge in [-0.1, -0.05) is 33.6 Å². The minimum Gasteiger partial charge on any atom is -0.353 e. The molecule has 0 saturated heterocycles. The first-order valence-electron chi connectivity index (χ1n) is 5.99. The molecule has 0 heterocycles. The van der Waals surface area contributed by atoms with Crippen molar-refractivity contribution in [2.45, 2.75) is 59.5 Å². The second kappa shape index (κ2) is 6.83. The van der Waals surface area contributed by atoms with Gasteiger partial charge in [0.05, 0.1) is 0 Å². The molecule has 0 fully saturated rings. The van der Waals surface area contributed by atoms with E-state index in [1.807, 2.05) is 13.8 Å². The SMILES string of the molecule is CCC(CC)C(C)NC(=O)C(C)C(C)N. The van der Waals surface area contributed by atoms with E-state index in [0.717, 1.165) is 12.8 Å². The Kier molecular flexibility index (Phi) is 6.57. The average Bonchev–Trinajstić information content (AvgIpc) is 2.18. The van der Waals surface area contributed by atoms with E-state index in [-0.39, 0.29) is 23.9 Å². The smallest absolute Gasteiger partial charge is 0.224 e. The lowest BCUT2D eigenvalue weighted by molar-refractivity contribution is -0.125. The number of nitrogens with two attached hydrogens (primary N) is 1. The Bertz CT molecular complexity index is 188. The van der Waals surface area contributed by atoms with Crippen molar-refractivity contribution in [1.29, 1.82) is 0 Å². The van der Waals surface area contributed by atoms with Crippen LogP contribution in [0.5, 0.6) is 0 Å². The van der Waals surface area contributed by atoms with E-state index in [9.17, 15) is 4.79 Å². The van der Waals surface area contributed by atoms with Gasteiger partial charge in [-0.3, -0.25) is 4.79 Å². The Morgan fingerprint density at radius 1 is 1.20 bits per heavy atom. The Morgan fingerprint density at radius 3 is 2.00 bits per heavy atom. The second-order valence-electron chi connectivity index (χ2n) is 4.52. The molecule has 0 aliphatic carbocycles. The maximum absolute atomic E-state index is 11.7. The van der Waals surface area contributed by atoms with Crippen LogP contribution in [0.3, 0.4) is 0 Å². The van der Waals surface area contributed by atoms with E-state index < -0.39 is 0 Å². The predicted molar refractivity (Wildman–Crippen MR) is 64.5 cm³/mol. The van der Waals surface area contributed by atoms with Crippen LogP contribution in [0.15, 0.2) is 0 Å². The van der Waals surface area contributed by atoms with E-state index in [0.29, 0.717) is 5.92 Å². The Balaban J connectivity index is 4.16. The van der Waals surface area contributed by atoms with Gasteiger partial charge >= 0.3 is 0 Å². The molecule has 0 rings (SSSR count). The van der Waals surface area contributed by atoms with Crippen LogP contribution in [0.4, 0.5) is 0 Å². The van der Waals surface area contributed by atoms with Gasteiger partial charge in [0.25, 0.3) is 0 Å². The third kappa shape index (κ3) is 4.65. The lowest BCUT2D eigenvalue weighted by atomic mass is 9.94. The van der Waals surface area contributed by atoms with Gasteiger partial charge in [0.2, 0.25) is 5.91 Å². The van der Waals surface area contributed by atoms with Crippen LogP contribution in [0.25, 0.3) is 0 Å². The molecule has 3 N–H and O–H groups in total. The summed E-state index contributed by atoms with van der Waals surface area (Å²) in [6.45, 7) is 10.1. The van der Waals surface area contributed by atoms with Gasteiger partial charge in [0.1, 0.15) is 0 Å². The van der Waals surface area contributed by atoms with Gasteiger partial charge in [-0.15, -0.1) is 0 Å². The van der Waals surface area contributed by atoms with Crippen molar-refractivity contribution in [3.63, 3.8) is 0 Å². The van der Waals surface area contributed by atoms with Crippen LogP contribution in [0.2, 0.25) is 0 Å². The largest absolute Gasteiger partial charge is 0.353 e. The third-order valence-electron chi connectivity index (χ3n) is 3.33. The van der Waals surface area contributed by atoms with E-state index in [1.165, 1.54) is 0 Å². The fraction of sp³-hybridized carbons (Fsp3) is 0.917. The molecule has 90 valence electrons. The van der Waals surface area contributed by atoms with Crippen molar-refractivity contribution in [2.24, 2.45) is 17.6 Å². The molecule has 3 atom stereocenters. The molecule has 3 heteroatoms. The number of carbonyl (C=O) groups is 1. The highest BCUT2D eigenvalue weighted by atomic mass is 16.1. The molecule has 3 nitrogen and oxygen atoms in total. The molecule has 0 aromatic rings. The first-order valence-corrected chi connectivity index (χ1v) is 5.99. The topological polar surface area (TPSA) is 55.1 Å². The Hall–Kier alpha value is -0.570. The van der Waals surface area contributed by atoms with Gasteiger partial charge in [-0.05, 0) is 19.8 Å². The molecular formula is C12H26N2O. The highest BCUT2D eigenvalue weighted by molar-refractivity contribution is 5.79. The quantitative estimate of drug-likeness (QED) is 0.709. The fourth-order valence-electron chi connectivity index (χ4n) is 1.71. The van der Waals surface area contributed by atoms with Crippen LogP contribution < -0.4 is 11.1 Å². The van der Waals surface area contributed by atoms with E-state index in [4.69, 9.17) is 5.73 Å². The summed E-state index contributed by atoms with van der Waals surface area (Å²) < 4.78 is 0. The summed E-state index contributed by atoms with van der Waals surface area (Å²) in [4.78, 5) is 11.7. The van der Waals surface area contributed by atoms with Gasteiger partial charge < -0.3 is 11.1 Å². The van der Waals surface area contributed by atoms with Crippen LogP contribution >= 0.6 is 0 Å². The monoisotopic (exact) mass is 214 g/mol. The third-order valence-corrected chi connectivity index (χ3v) is 3.33. The lowest BCUT2D eigenvalue weighted by Gasteiger charge is -2.25. The molecule has 0 aromatic heterocycles. The zero-order chi connectivity index (χ0) is 12.0. The molecule has 1 amide bonds. The van der Waals surface area contributed by atoms with Crippen molar-refractivity contribution >= 4 is 5.91 Å². The maximum atomic E-state index is 11.7. The molecule has 0 saturated carbocycles. The normalized spacial score (nSPS) is 17.3. The van der Waals surface area contributed by atoms with Crippen molar-refractivity contribution in [3.05, 3.63) is 0 Å². The Labute approximate surface area is 93.8 Å². The van der Waals surface area contributed by atoms with Crippen LogP contribution in [-0.4, -0.2) is 18.0 Å². The van der Waals surface area contributed by atoms with Crippen molar-refractivity contribution in [3.8, 4) is 0 Å². The molecule has 3 unspecified atom stereocenters. The number of amides is 1. The van der Waals surface area contributed by atoms with Gasteiger partial charge in [-0.2, -0.15) is 0 Å². The fourth-order valence-corrected chi connectivity index (χ4v) is 1.71. The average molecular weight is 214 g/mol. The van der Waals surface area contributed by atoms with E-state index in [1.54, 1.807) is 0 Å². The minimum atomic E-state index is -0.109. The molecular weight excluding hydrogens is 188 g/mol. The lowest BCUT2D eigenvalue weighted by Crippen LogP contribution is -2.44. The zero-order valence-electron chi connectivity index (χ0n) is 10.7. The maximum Gasteiger partial charge on any atom is 0.224 e. The van der Waals surface area contributed by atoms with Crippen LogP contribution in [-0.2, 0) is 4.79 Å². The summed E-state index contributed by atoms with van der Waals surface area (Å²) in [6, 6.07) is 0.160. The van der Waals surface area contributed by atoms with E-state index in [2.05, 4.69) is 26.1 Å². The number of hydrogen-bond acceptors (Lipinski definition) is 2. The molecule has 0 spiro atoms. The molecule has 0 aliphatic rings. The molecule has 0 aromatic carbocycles. The summed E-state index contributed by atoms with van der Waals surface area (Å²) in [5.41, 5.74) is 5.69. The predicted octanol–water partition coefficient (Wildman–Crippen LogP) is 1.91. The molecule has 15 heavy (non-hydrogen) atoms. The molecule has 0 radical (unpaired) electrons. The summed E-state index contributed by atoms with van der Waals surface area (Å²) in [5, 5.41) is 3.04. The van der Waals surface area contributed by atoms with Gasteiger partial charge in [-0.25, -0.2) is 0 Å². The summed E-state index contributed by atoms with van der Waals surface area (Å²) in [6.07, 6.45) is 2.20. The summed E-state index contributed by atoms with van der Waals surface area (Å²) >= 11 is 0. The van der Waals surface area contributed by atoms with Crippen LogP contribution in [0.1, 0.15) is 47.5 Å². The van der Waals surface area contributed by atoms with Crippen molar-refractivity contribution < 1.29 is 4.79 Å². The minimum absolute atomic E-state index is 0.0735.